The molecule has 1 aliphatic rings. The minimum atomic E-state index is 0.704. The second kappa shape index (κ2) is 5.50. The Morgan fingerprint density at radius 1 is 1.33 bits per heavy atom. The fourth-order valence-electron chi connectivity index (χ4n) is 1.68. The Hall–Kier alpha value is -0.570. The molecular weight excluding hydrogens is 208 g/mol. The van der Waals surface area contributed by atoms with Gasteiger partial charge in [0.2, 0.25) is 0 Å². The van der Waals surface area contributed by atoms with Crippen LogP contribution in [-0.4, -0.2) is 25.7 Å². The molecule has 15 heavy (non-hydrogen) atoms. The first-order valence-corrected chi connectivity index (χ1v) is 5.91. The molecular formula is C12H17ClN2. The second-order valence-corrected chi connectivity index (χ2v) is 4.46. The lowest BCUT2D eigenvalue weighted by Gasteiger charge is -2.27. The minimum absolute atomic E-state index is 0.704. The fraction of sp³-hybridized carbons (Fsp3) is 0.500. The topological polar surface area (TPSA) is 24.1 Å². The van der Waals surface area contributed by atoms with Crippen molar-refractivity contribution in [2.75, 3.05) is 19.6 Å². The third-order valence-electron chi connectivity index (χ3n) is 2.82. The summed E-state index contributed by atoms with van der Waals surface area (Å²) in [6.07, 6.45) is 2.39. The number of halogens is 1. The van der Waals surface area contributed by atoms with E-state index in [2.05, 4.69) is 22.8 Å². The van der Waals surface area contributed by atoms with Gasteiger partial charge in [0.05, 0.1) is 0 Å². The van der Waals surface area contributed by atoms with Crippen LogP contribution in [0.2, 0.25) is 5.02 Å². The highest BCUT2D eigenvalue weighted by molar-refractivity contribution is 6.30. The monoisotopic (exact) mass is 224 g/mol. The molecule has 0 aliphatic carbocycles. The van der Waals surface area contributed by atoms with Crippen LogP contribution >= 0.6 is 11.6 Å². The average Bonchev–Trinajstić information content (AvgIpc) is 2.18. The highest BCUT2D eigenvalue weighted by atomic mass is 35.5. The molecule has 1 aliphatic heterocycles. The lowest BCUT2D eigenvalue weighted by atomic mass is 10.1. The van der Waals surface area contributed by atoms with E-state index in [4.69, 9.17) is 11.6 Å². The van der Waals surface area contributed by atoms with Gasteiger partial charge in [-0.05, 0) is 43.6 Å². The molecule has 1 fully saturated rings. The molecule has 1 aromatic rings. The van der Waals surface area contributed by atoms with E-state index in [1.54, 1.807) is 0 Å². The van der Waals surface area contributed by atoms with E-state index in [-0.39, 0.29) is 0 Å². The summed E-state index contributed by atoms with van der Waals surface area (Å²) in [6.45, 7) is 3.32. The smallest absolute Gasteiger partial charge is 0.0406 e. The van der Waals surface area contributed by atoms with Crippen molar-refractivity contribution in [3.05, 3.63) is 34.9 Å². The highest BCUT2D eigenvalue weighted by Gasteiger charge is 2.14. The molecule has 1 heterocycles. The van der Waals surface area contributed by atoms with E-state index in [9.17, 15) is 0 Å². The van der Waals surface area contributed by atoms with Gasteiger partial charge in [-0.3, -0.25) is 0 Å². The average molecular weight is 225 g/mol. The van der Waals surface area contributed by atoms with Gasteiger partial charge in [0, 0.05) is 17.6 Å². The first-order valence-electron chi connectivity index (χ1n) is 5.53. The summed E-state index contributed by atoms with van der Waals surface area (Å²) in [5, 5.41) is 7.64. The summed E-state index contributed by atoms with van der Waals surface area (Å²) in [7, 11) is 0. The van der Waals surface area contributed by atoms with Crippen LogP contribution in [0.4, 0.5) is 0 Å². The van der Waals surface area contributed by atoms with Crippen LogP contribution < -0.4 is 10.6 Å². The third kappa shape index (κ3) is 3.49. The van der Waals surface area contributed by atoms with Crippen LogP contribution in [0.15, 0.2) is 24.3 Å². The molecule has 82 valence electrons. The van der Waals surface area contributed by atoms with Crippen molar-refractivity contribution in [2.24, 2.45) is 0 Å². The molecule has 2 nitrogen and oxygen atoms in total. The molecule has 1 aromatic carbocycles. The van der Waals surface area contributed by atoms with Gasteiger partial charge in [-0.1, -0.05) is 23.7 Å². The lowest BCUT2D eigenvalue weighted by molar-refractivity contribution is 0.355. The lowest BCUT2D eigenvalue weighted by Crippen LogP contribution is -2.49. The summed E-state index contributed by atoms with van der Waals surface area (Å²) in [6, 6.07) is 8.78. The van der Waals surface area contributed by atoms with Crippen molar-refractivity contribution < 1.29 is 0 Å². The fourth-order valence-corrected chi connectivity index (χ4v) is 1.81. The van der Waals surface area contributed by atoms with Gasteiger partial charge in [0.1, 0.15) is 0 Å². The van der Waals surface area contributed by atoms with Gasteiger partial charge in [-0.15, -0.1) is 0 Å². The van der Waals surface area contributed by atoms with E-state index in [0.29, 0.717) is 6.04 Å². The van der Waals surface area contributed by atoms with E-state index in [1.807, 2.05) is 12.1 Å². The largest absolute Gasteiger partial charge is 0.315 e. The van der Waals surface area contributed by atoms with Gasteiger partial charge in [-0.2, -0.15) is 0 Å². The SMILES string of the molecule is Clc1ccc(CCNC[C@@H]2CCN2)cc1. The zero-order valence-electron chi connectivity index (χ0n) is 8.80. The van der Waals surface area contributed by atoms with Crippen molar-refractivity contribution in [3.63, 3.8) is 0 Å². The molecule has 2 rings (SSSR count). The molecule has 0 unspecified atom stereocenters. The van der Waals surface area contributed by atoms with Crippen LogP contribution in [-0.2, 0) is 6.42 Å². The van der Waals surface area contributed by atoms with Gasteiger partial charge >= 0.3 is 0 Å². The summed E-state index contributed by atoms with van der Waals surface area (Å²) in [5.74, 6) is 0. The molecule has 1 saturated heterocycles. The van der Waals surface area contributed by atoms with E-state index in [0.717, 1.165) is 24.5 Å². The maximum Gasteiger partial charge on any atom is 0.0406 e. The van der Waals surface area contributed by atoms with Crippen molar-refractivity contribution in [3.8, 4) is 0 Å². The van der Waals surface area contributed by atoms with Crippen molar-refractivity contribution >= 4 is 11.6 Å². The van der Waals surface area contributed by atoms with Crippen molar-refractivity contribution in [1.82, 2.24) is 10.6 Å². The van der Waals surface area contributed by atoms with Crippen LogP contribution in [0.25, 0.3) is 0 Å². The standard InChI is InChI=1S/C12H17ClN2/c13-11-3-1-10(2-4-11)5-7-14-9-12-6-8-15-12/h1-4,12,14-15H,5-9H2/t12-/m0/s1. The highest BCUT2D eigenvalue weighted by Crippen LogP contribution is 2.09. The molecule has 3 heteroatoms. The summed E-state index contributed by atoms with van der Waals surface area (Å²) in [5.41, 5.74) is 1.34. The molecule has 0 aromatic heterocycles. The first-order chi connectivity index (χ1) is 7.34. The van der Waals surface area contributed by atoms with Gasteiger partial charge in [0.15, 0.2) is 0 Å². The maximum atomic E-state index is 5.82. The second-order valence-electron chi connectivity index (χ2n) is 4.02. The zero-order valence-corrected chi connectivity index (χ0v) is 9.56. The Balaban J connectivity index is 1.62. The number of rotatable bonds is 5. The molecule has 0 spiro atoms. The molecule has 0 bridgehead atoms. The Morgan fingerprint density at radius 3 is 2.67 bits per heavy atom. The van der Waals surface area contributed by atoms with Gasteiger partial charge in [0.25, 0.3) is 0 Å². The summed E-state index contributed by atoms with van der Waals surface area (Å²) < 4.78 is 0. The van der Waals surface area contributed by atoms with Crippen molar-refractivity contribution in [2.45, 2.75) is 18.9 Å². The Labute approximate surface area is 96.0 Å². The van der Waals surface area contributed by atoms with Crippen LogP contribution in [0.1, 0.15) is 12.0 Å². The predicted molar refractivity (Wildman–Crippen MR) is 64.4 cm³/mol. The van der Waals surface area contributed by atoms with E-state index >= 15 is 0 Å². The number of hydrogen-bond donors (Lipinski definition) is 2. The Morgan fingerprint density at radius 2 is 2.07 bits per heavy atom. The van der Waals surface area contributed by atoms with E-state index in [1.165, 1.54) is 18.5 Å². The molecule has 0 amide bonds. The minimum Gasteiger partial charge on any atom is -0.315 e. The first kappa shape index (κ1) is 10.9. The normalized spacial score (nSPS) is 19.9. The third-order valence-corrected chi connectivity index (χ3v) is 3.07. The Kier molecular flexibility index (Phi) is 4.01. The molecule has 2 N–H and O–H groups in total. The van der Waals surface area contributed by atoms with Crippen LogP contribution in [0.5, 0.6) is 0 Å². The molecule has 0 saturated carbocycles. The number of nitrogens with one attached hydrogen (secondary N) is 2. The summed E-state index contributed by atoms with van der Waals surface area (Å²) >= 11 is 5.82. The van der Waals surface area contributed by atoms with Crippen molar-refractivity contribution in [1.29, 1.82) is 0 Å². The molecule has 1 atom stereocenters. The Bertz CT molecular complexity index is 293. The number of benzene rings is 1. The maximum absolute atomic E-state index is 5.82. The van der Waals surface area contributed by atoms with E-state index < -0.39 is 0 Å². The molecule has 0 radical (unpaired) electrons. The van der Waals surface area contributed by atoms with Gasteiger partial charge in [-0.25, -0.2) is 0 Å². The van der Waals surface area contributed by atoms with Crippen LogP contribution in [0.3, 0.4) is 0 Å². The van der Waals surface area contributed by atoms with Gasteiger partial charge < -0.3 is 10.6 Å². The number of hydrogen-bond acceptors (Lipinski definition) is 2. The quantitative estimate of drug-likeness (QED) is 0.746. The van der Waals surface area contributed by atoms with Crippen LogP contribution in [0, 0.1) is 0 Å². The predicted octanol–water partition coefficient (Wildman–Crippen LogP) is 1.83. The zero-order chi connectivity index (χ0) is 10.5. The summed E-state index contributed by atoms with van der Waals surface area (Å²) in [4.78, 5) is 0.